The molecule has 0 spiro atoms. The van der Waals surface area contributed by atoms with Gasteiger partial charge in [0.25, 0.3) is 0 Å². The van der Waals surface area contributed by atoms with Crippen LogP contribution in [0.4, 0.5) is 0 Å². The molecule has 1 heterocycles. The van der Waals surface area contributed by atoms with Gasteiger partial charge in [-0.2, -0.15) is 0 Å². The average Bonchev–Trinajstić information content (AvgIpc) is 1.99. The van der Waals surface area contributed by atoms with Gasteiger partial charge in [0.15, 0.2) is 0 Å². The smallest absolute Gasteiger partial charge is 0.339 e. The first-order valence-corrected chi connectivity index (χ1v) is 3.85. The van der Waals surface area contributed by atoms with Crippen LogP contribution in [0.15, 0.2) is 15.3 Å². The zero-order chi connectivity index (χ0) is 8.43. The van der Waals surface area contributed by atoms with Crippen LogP contribution >= 0.6 is 11.6 Å². The zero-order valence-electron chi connectivity index (χ0n) is 6.48. The molecule has 0 saturated carbocycles. The normalized spacial score (nSPS) is 10.1. The fourth-order valence-corrected chi connectivity index (χ4v) is 0.933. The van der Waals surface area contributed by atoms with Gasteiger partial charge in [0.2, 0.25) is 0 Å². The first-order chi connectivity index (χ1) is 5.15. The Balaban J connectivity index is 3.32. The third-order valence-corrected chi connectivity index (χ3v) is 1.89. The molecule has 0 radical (unpaired) electrons. The molecule has 0 atom stereocenters. The molecule has 11 heavy (non-hydrogen) atoms. The second kappa shape index (κ2) is 3.09. The first kappa shape index (κ1) is 8.34. The van der Waals surface area contributed by atoms with E-state index in [9.17, 15) is 4.79 Å². The number of rotatable bonds is 1. The Hall–Kier alpha value is -0.760. The molecule has 0 N–H and O–H groups in total. The molecule has 2 nitrogen and oxygen atoms in total. The molecule has 0 saturated heterocycles. The molecule has 3 heteroatoms. The molecule has 0 bridgehead atoms. The summed E-state index contributed by atoms with van der Waals surface area (Å²) in [6.45, 7) is 3.60. The highest BCUT2D eigenvalue weighted by atomic mass is 35.5. The van der Waals surface area contributed by atoms with Gasteiger partial charge in [0.05, 0.1) is 5.88 Å². The third kappa shape index (κ3) is 1.63. The third-order valence-electron chi connectivity index (χ3n) is 1.63. The van der Waals surface area contributed by atoms with Gasteiger partial charge in [0.1, 0.15) is 5.76 Å². The highest BCUT2D eigenvalue weighted by Crippen LogP contribution is 2.06. The molecule has 1 rings (SSSR count). The van der Waals surface area contributed by atoms with E-state index in [-0.39, 0.29) is 11.5 Å². The van der Waals surface area contributed by atoms with Gasteiger partial charge < -0.3 is 4.42 Å². The van der Waals surface area contributed by atoms with Crippen LogP contribution in [0.2, 0.25) is 0 Å². The van der Waals surface area contributed by atoms with Gasteiger partial charge in [-0.25, -0.2) is 4.79 Å². The summed E-state index contributed by atoms with van der Waals surface area (Å²) in [5, 5.41) is 0. The van der Waals surface area contributed by atoms with Crippen LogP contribution in [0.1, 0.15) is 16.9 Å². The molecule has 1 aromatic rings. The Labute approximate surface area is 69.8 Å². The number of hydrogen-bond donors (Lipinski definition) is 0. The lowest BCUT2D eigenvalue weighted by Gasteiger charge is -1.98. The maximum absolute atomic E-state index is 11.0. The fourth-order valence-electron chi connectivity index (χ4n) is 0.802. The summed E-state index contributed by atoms with van der Waals surface area (Å²) in [7, 11) is 0. The summed E-state index contributed by atoms with van der Waals surface area (Å²) in [6.07, 6.45) is 0. The maximum Gasteiger partial charge on any atom is 0.339 e. The van der Waals surface area contributed by atoms with Gasteiger partial charge in [0, 0.05) is 5.56 Å². The highest BCUT2D eigenvalue weighted by molar-refractivity contribution is 6.16. The SMILES string of the molecule is Cc1cc(CCl)oc(=O)c1C. The van der Waals surface area contributed by atoms with E-state index in [1.54, 1.807) is 13.0 Å². The predicted octanol–water partition coefficient (Wildman–Crippen LogP) is 2.00. The van der Waals surface area contributed by atoms with Gasteiger partial charge in [-0.15, -0.1) is 11.6 Å². The molecule has 0 amide bonds. The van der Waals surface area contributed by atoms with E-state index >= 15 is 0 Å². The molecule has 0 aromatic carbocycles. The van der Waals surface area contributed by atoms with Crippen molar-refractivity contribution in [3.63, 3.8) is 0 Å². The van der Waals surface area contributed by atoms with Crippen LogP contribution in [-0.2, 0) is 5.88 Å². The Bertz CT molecular complexity index is 314. The molecule has 0 fully saturated rings. The van der Waals surface area contributed by atoms with E-state index in [4.69, 9.17) is 16.0 Å². The Morgan fingerprint density at radius 1 is 1.55 bits per heavy atom. The minimum Gasteiger partial charge on any atom is -0.426 e. The lowest BCUT2D eigenvalue weighted by Crippen LogP contribution is -2.06. The molecule has 1 aromatic heterocycles. The van der Waals surface area contributed by atoms with Crippen molar-refractivity contribution in [3.8, 4) is 0 Å². The van der Waals surface area contributed by atoms with Crippen molar-refractivity contribution in [2.24, 2.45) is 0 Å². The van der Waals surface area contributed by atoms with Crippen molar-refractivity contribution in [3.05, 3.63) is 33.4 Å². The van der Waals surface area contributed by atoms with E-state index in [1.807, 2.05) is 6.92 Å². The van der Waals surface area contributed by atoms with E-state index in [0.29, 0.717) is 11.3 Å². The van der Waals surface area contributed by atoms with Gasteiger partial charge in [-0.1, -0.05) is 0 Å². The average molecular weight is 173 g/mol. The van der Waals surface area contributed by atoms with Crippen molar-refractivity contribution in [1.82, 2.24) is 0 Å². The number of aryl methyl sites for hydroxylation is 1. The first-order valence-electron chi connectivity index (χ1n) is 3.31. The molecule has 0 unspecified atom stereocenters. The van der Waals surface area contributed by atoms with Crippen LogP contribution < -0.4 is 5.63 Å². The van der Waals surface area contributed by atoms with E-state index in [1.165, 1.54) is 0 Å². The molecule has 0 aliphatic rings. The summed E-state index contributed by atoms with van der Waals surface area (Å²) in [4.78, 5) is 11.0. The largest absolute Gasteiger partial charge is 0.426 e. The van der Waals surface area contributed by atoms with Gasteiger partial charge in [-0.3, -0.25) is 0 Å². The van der Waals surface area contributed by atoms with Crippen molar-refractivity contribution in [2.75, 3.05) is 0 Å². The van der Waals surface area contributed by atoms with E-state index in [0.717, 1.165) is 5.56 Å². The summed E-state index contributed by atoms with van der Waals surface area (Å²) in [5.74, 6) is 0.774. The molecular weight excluding hydrogens is 164 g/mol. The van der Waals surface area contributed by atoms with Crippen LogP contribution in [0.25, 0.3) is 0 Å². The molecule has 0 aliphatic carbocycles. The topological polar surface area (TPSA) is 30.2 Å². The van der Waals surface area contributed by atoms with Crippen LogP contribution in [0, 0.1) is 13.8 Å². The lowest BCUT2D eigenvalue weighted by atomic mass is 10.2. The minimum absolute atomic E-state index is 0.246. The van der Waals surface area contributed by atoms with E-state index < -0.39 is 0 Å². The predicted molar refractivity (Wildman–Crippen MR) is 44.0 cm³/mol. The Kier molecular flexibility index (Phi) is 2.35. The van der Waals surface area contributed by atoms with Crippen LogP contribution in [0.5, 0.6) is 0 Å². The monoisotopic (exact) mass is 172 g/mol. The van der Waals surface area contributed by atoms with Crippen molar-refractivity contribution >= 4 is 11.6 Å². The standard InChI is InChI=1S/C8H9ClO2/c1-5-3-7(4-9)11-8(10)6(5)2/h3H,4H2,1-2H3. The summed E-state index contributed by atoms with van der Waals surface area (Å²) < 4.78 is 4.85. The molecule has 60 valence electrons. The highest BCUT2D eigenvalue weighted by Gasteiger charge is 2.02. The molecular formula is C8H9ClO2. The fraction of sp³-hybridized carbons (Fsp3) is 0.375. The second-order valence-electron chi connectivity index (χ2n) is 2.44. The minimum atomic E-state index is -0.291. The summed E-state index contributed by atoms with van der Waals surface area (Å²) >= 11 is 5.49. The van der Waals surface area contributed by atoms with Crippen LogP contribution in [-0.4, -0.2) is 0 Å². The Morgan fingerprint density at radius 3 is 2.64 bits per heavy atom. The number of alkyl halides is 1. The second-order valence-corrected chi connectivity index (χ2v) is 2.71. The summed E-state index contributed by atoms with van der Waals surface area (Å²) in [6, 6.07) is 1.78. The van der Waals surface area contributed by atoms with Crippen molar-refractivity contribution in [2.45, 2.75) is 19.7 Å². The Morgan fingerprint density at radius 2 is 2.18 bits per heavy atom. The zero-order valence-corrected chi connectivity index (χ0v) is 7.23. The van der Waals surface area contributed by atoms with Gasteiger partial charge in [-0.05, 0) is 25.5 Å². The maximum atomic E-state index is 11.0. The van der Waals surface area contributed by atoms with Gasteiger partial charge >= 0.3 is 5.63 Å². The van der Waals surface area contributed by atoms with Crippen molar-refractivity contribution < 1.29 is 4.42 Å². The number of halogens is 1. The quantitative estimate of drug-likeness (QED) is 0.607. The van der Waals surface area contributed by atoms with Crippen molar-refractivity contribution in [1.29, 1.82) is 0 Å². The number of hydrogen-bond acceptors (Lipinski definition) is 2. The van der Waals surface area contributed by atoms with E-state index in [2.05, 4.69) is 0 Å². The summed E-state index contributed by atoms with van der Waals surface area (Å²) in [5.41, 5.74) is 1.29. The molecule has 0 aliphatic heterocycles. The van der Waals surface area contributed by atoms with Crippen LogP contribution in [0.3, 0.4) is 0 Å². The lowest BCUT2D eigenvalue weighted by molar-refractivity contribution is 0.469.